The minimum absolute atomic E-state index is 0.202. The zero-order valence-electron chi connectivity index (χ0n) is 14.2. The number of para-hydroxylation sites is 1. The molecule has 3 nitrogen and oxygen atoms in total. The number of thioether (sulfide) groups is 1. The van der Waals surface area contributed by atoms with Gasteiger partial charge < -0.3 is 9.64 Å². The first-order chi connectivity index (χ1) is 11.7. The van der Waals surface area contributed by atoms with Gasteiger partial charge in [-0.2, -0.15) is 0 Å². The molecule has 126 valence electrons. The van der Waals surface area contributed by atoms with E-state index in [2.05, 4.69) is 19.1 Å². The summed E-state index contributed by atoms with van der Waals surface area (Å²) in [6.45, 7) is 3.03. The smallest absolute Gasteiger partial charge is 0.227 e. The summed E-state index contributed by atoms with van der Waals surface area (Å²) in [6.07, 6.45) is 2.30. The van der Waals surface area contributed by atoms with Crippen molar-refractivity contribution < 1.29 is 9.53 Å². The number of nitrogens with zero attached hydrogens (tertiary/aromatic N) is 1. The fraction of sp³-hybridized carbons (Fsp3) is 0.350. The summed E-state index contributed by atoms with van der Waals surface area (Å²) >= 11 is 1.86. The van der Waals surface area contributed by atoms with Crippen molar-refractivity contribution in [3.63, 3.8) is 0 Å². The highest BCUT2D eigenvalue weighted by Gasteiger charge is 2.23. The highest BCUT2D eigenvalue weighted by Crippen LogP contribution is 2.37. The number of benzene rings is 2. The predicted molar refractivity (Wildman–Crippen MR) is 100 cm³/mol. The Kier molecular flexibility index (Phi) is 5.46. The average molecular weight is 341 g/mol. The van der Waals surface area contributed by atoms with Crippen LogP contribution in [-0.2, 0) is 11.2 Å². The monoisotopic (exact) mass is 341 g/mol. The minimum Gasteiger partial charge on any atom is -0.497 e. The number of amides is 1. The van der Waals surface area contributed by atoms with Crippen LogP contribution >= 0.6 is 11.8 Å². The number of aryl methyl sites for hydroxylation is 1. The first-order valence-electron chi connectivity index (χ1n) is 8.36. The first-order valence-corrected chi connectivity index (χ1v) is 9.24. The minimum atomic E-state index is 0.202. The molecule has 2 aromatic carbocycles. The number of hydrogen-bond acceptors (Lipinski definition) is 3. The maximum atomic E-state index is 12.8. The molecular weight excluding hydrogens is 318 g/mol. The molecular formula is C20H23NO2S. The lowest BCUT2D eigenvalue weighted by atomic mass is 10.1. The van der Waals surface area contributed by atoms with Gasteiger partial charge in [-0.25, -0.2) is 0 Å². The Morgan fingerprint density at radius 2 is 1.96 bits per heavy atom. The lowest BCUT2D eigenvalue weighted by Gasteiger charge is -2.22. The largest absolute Gasteiger partial charge is 0.497 e. The highest BCUT2D eigenvalue weighted by atomic mass is 32.2. The number of hydrogen-bond donors (Lipinski definition) is 0. The third-order valence-electron chi connectivity index (χ3n) is 4.33. The number of carbonyl (C=O) groups is 1. The van der Waals surface area contributed by atoms with Crippen molar-refractivity contribution in [2.75, 3.05) is 18.6 Å². The molecule has 0 saturated carbocycles. The first kappa shape index (κ1) is 16.9. The second kappa shape index (κ2) is 7.75. The van der Waals surface area contributed by atoms with Gasteiger partial charge in [0.1, 0.15) is 5.75 Å². The molecule has 0 aliphatic carbocycles. The molecule has 3 rings (SSSR count). The Labute approximate surface area is 148 Å². The summed E-state index contributed by atoms with van der Waals surface area (Å²) < 4.78 is 5.18. The Morgan fingerprint density at radius 1 is 1.21 bits per heavy atom. The van der Waals surface area contributed by atoms with Crippen LogP contribution in [0.15, 0.2) is 53.4 Å². The number of fused-ring (bicyclic) bond motifs is 1. The molecule has 24 heavy (non-hydrogen) atoms. The third-order valence-corrected chi connectivity index (χ3v) is 5.57. The Balaban J connectivity index is 1.70. The maximum absolute atomic E-state index is 12.8. The molecule has 1 atom stereocenters. The van der Waals surface area contributed by atoms with Crippen LogP contribution in [0.2, 0.25) is 0 Å². The van der Waals surface area contributed by atoms with E-state index in [0.29, 0.717) is 11.7 Å². The van der Waals surface area contributed by atoms with E-state index in [0.717, 1.165) is 36.4 Å². The zero-order chi connectivity index (χ0) is 16.9. The van der Waals surface area contributed by atoms with Gasteiger partial charge in [-0.05, 0) is 42.7 Å². The van der Waals surface area contributed by atoms with Crippen LogP contribution in [-0.4, -0.2) is 24.8 Å². The van der Waals surface area contributed by atoms with Crippen molar-refractivity contribution in [1.29, 1.82) is 0 Å². The average Bonchev–Trinajstić information content (AvgIpc) is 2.78. The summed E-state index contributed by atoms with van der Waals surface area (Å²) in [6, 6.07) is 16.2. The lowest BCUT2D eigenvalue weighted by molar-refractivity contribution is -0.118. The van der Waals surface area contributed by atoms with Crippen molar-refractivity contribution in [1.82, 2.24) is 0 Å². The molecule has 1 heterocycles. The van der Waals surface area contributed by atoms with Gasteiger partial charge in [-0.1, -0.05) is 31.2 Å². The van der Waals surface area contributed by atoms with Gasteiger partial charge in [0.05, 0.1) is 12.8 Å². The molecule has 0 fully saturated rings. The van der Waals surface area contributed by atoms with Crippen LogP contribution in [0.25, 0.3) is 0 Å². The Morgan fingerprint density at radius 3 is 2.71 bits per heavy atom. The third kappa shape index (κ3) is 3.93. The second-order valence-electron chi connectivity index (χ2n) is 6.08. The van der Waals surface area contributed by atoms with E-state index >= 15 is 0 Å². The van der Waals surface area contributed by atoms with Crippen molar-refractivity contribution in [2.45, 2.75) is 36.3 Å². The normalized spacial score (nSPS) is 17.1. The highest BCUT2D eigenvalue weighted by molar-refractivity contribution is 8.00. The molecule has 0 N–H and O–H groups in total. The van der Waals surface area contributed by atoms with E-state index in [1.54, 1.807) is 7.11 Å². The summed E-state index contributed by atoms with van der Waals surface area (Å²) in [5, 5.41) is 0.533. The molecule has 0 bridgehead atoms. The lowest BCUT2D eigenvalue weighted by Crippen LogP contribution is -2.32. The molecule has 0 aromatic heterocycles. The van der Waals surface area contributed by atoms with Crippen molar-refractivity contribution >= 4 is 23.4 Å². The SMILES string of the molecule is COc1ccc(CCC(=O)N2CCC(C)Sc3ccccc32)cc1. The van der Waals surface area contributed by atoms with Gasteiger partial charge >= 0.3 is 0 Å². The summed E-state index contributed by atoms with van der Waals surface area (Å²) in [5.41, 5.74) is 2.22. The van der Waals surface area contributed by atoms with Gasteiger partial charge in [0.2, 0.25) is 5.91 Å². The molecule has 1 aliphatic heterocycles. The molecule has 0 saturated heterocycles. The molecule has 0 spiro atoms. The van der Waals surface area contributed by atoms with Crippen LogP contribution in [0.1, 0.15) is 25.3 Å². The zero-order valence-corrected chi connectivity index (χ0v) is 15.0. The van der Waals surface area contributed by atoms with E-state index < -0.39 is 0 Å². The quantitative estimate of drug-likeness (QED) is 0.817. The summed E-state index contributed by atoms with van der Waals surface area (Å²) in [5.74, 6) is 1.05. The van der Waals surface area contributed by atoms with Gasteiger partial charge in [0.15, 0.2) is 0 Å². The number of methoxy groups -OCH3 is 1. The number of carbonyl (C=O) groups excluding carboxylic acids is 1. The molecule has 1 unspecified atom stereocenters. The summed E-state index contributed by atoms with van der Waals surface area (Å²) in [4.78, 5) is 16.0. The second-order valence-corrected chi connectivity index (χ2v) is 7.56. The van der Waals surface area contributed by atoms with E-state index in [-0.39, 0.29) is 5.91 Å². The summed E-state index contributed by atoms with van der Waals surface area (Å²) in [7, 11) is 1.66. The van der Waals surface area contributed by atoms with Gasteiger partial charge in [-0.15, -0.1) is 11.8 Å². The van der Waals surface area contributed by atoms with E-state index in [9.17, 15) is 4.79 Å². The standard InChI is InChI=1S/C20H23NO2S/c1-15-13-14-21(18-5-3-4-6-19(18)24-15)20(22)12-9-16-7-10-17(23-2)11-8-16/h3-8,10-11,15H,9,12-14H2,1-2H3. The van der Waals surface area contributed by atoms with Gasteiger partial charge in [0.25, 0.3) is 0 Å². The molecule has 0 radical (unpaired) electrons. The maximum Gasteiger partial charge on any atom is 0.227 e. The van der Waals surface area contributed by atoms with E-state index in [1.807, 2.05) is 53.1 Å². The molecule has 4 heteroatoms. The van der Waals surface area contributed by atoms with E-state index in [1.165, 1.54) is 4.90 Å². The Hall–Kier alpha value is -1.94. The van der Waals surface area contributed by atoms with Crippen molar-refractivity contribution in [3.8, 4) is 5.75 Å². The van der Waals surface area contributed by atoms with E-state index in [4.69, 9.17) is 4.74 Å². The fourth-order valence-electron chi connectivity index (χ4n) is 2.92. The molecule has 2 aromatic rings. The fourth-order valence-corrected chi connectivity index (χ4v) is 4.04. The Bertz CT molecular complexity index is 699. The van der Waals surface area contributed by atoms with Crippen LogP contribution in [0.4, 0.5) is 5.69 Å². The number of anilines is 1. The van der Waals surface area contributed by atoms with Gasteiger partial charge in [0, 0.05) is 23.1 Å². The van der Waals surface area contributed by atoms with Crippen LogP contribution in [0, 0.1) is 0 Å². The number of ether oxygens (including phenoxy) is 1. The number of rotatable bonds is 4. The van der Waals surface area contributed by atoms with Crippen molar-refractivity contribution in [3.05, 3.63) is 54.1 Å². The topological polar surface area (TPSA) is 29.5 Å². The molecule has 1 amide bonds. The molecule has 1 aliphatic rings. The van der Waals surface area contributed by atoms with Gasteiger partial charge in [-0.3, -0.25) is 4.79 Å². The van der Waals surface area contributed by atoms with Crippen LogP contribution in [0.5, 0.6) is 5.75 Å². The predicted octanol–water partition coefficient (Wildman–Crippen LogP) is 4.55. The van der Waals surface area contributed by atoms with Crippen LogP contribution in [0.3, 0.4) is 0 Å². The van der Waals surface area contributed by atoms with Crippen molar-refractivity contribution in [2.24, 2.45) is 0 Å². The van der Waals surface area contributed by atoms with Crippen LogP contribution < -0.4 is 9.64 Å².